The van der Waals surface area contributed by atoms with Crippen molar-refractivity contribution in [2.45, 2.75) is 52.2 Å². The van der Waals surface area contributed by atoms with Crippen molar-refractivity contribution in [3.05, 3.63) is 42.0 Å². The molecule has 32 heavy (non-hydrogen) atoms. The molecule has 6 nitrogen and oxygen atoms in total. The molecule has 1 unspecified atom stereocenters. The number of hydrogen-bond donors (Lipinski definition) is 0. The van der Waals surface area contributed by atoms with E-state index in [-0.39, 0.29) is 29.8 Å². The van der Waals surface area contributed by atoms with Gasteiger partial charge in [-0.25, -0.2) is 0 Å². The van der Waals surface area contributed by atoms with Crippen LogP contribution < -0.4 is 4.74 Å². The molecule has 0 bridgehead atoms. The molecule has 0 aliphatic carbocycles. The number of hydrogen-bond acceptors (Lipinski definition) is 4. The second-order valence-corrected chi connectivity index (χ2v) is 9.27. The van der Waals surface area contributed by atoms with Crippen LogP contribution in [0.5, 0.6) is 5.75 Å². The van der Waals surface area contributed by atoms with E-state index in [0.29, 0.717) is 6.54 Å². The molecule has 1 aliphatic rings. The van der Waals surface area contributed by atoms with Crippen LogP contribution in [0.3, 0.4) is 0 Å². The maximum Gasteiger partial charge on any atom is 0.239 e. The van der Waals surface area contributed by atoms with E-state index in [0.717, 1.165) is 48.0 Å². The second-order valence-electron chi connectivity index (χ2n) is 9.27. The summed E-state index contributed by atoms with van der Waals surface area (Å²) < 4.78 is 5.30. The van der Waals surface area contributed by atoms with Gasteiger partial charge in [0.25, 0.3) is 0 Å². The molecule has 0 saturated carbocycles. The lowest BCUT2D eigenvalue weighted by atomic mass is 9.94. The maximum atomic E-state index is 13.1. The summed E-state index contributed by atoms with van der Waals surface area (Å²) in [5, 5.41) is 2.26. The number of rotatable bonds is 7. The lowest BCUT2D eigenvalue weighted by molar-refractivity contribution is -0.139. The lowest BCUT2D eigenvalue weighted by Crippen LogP contribution is -2.50. The molecular weight excluding hydrogens is 402 g/mol. The van der Waals surface area contributed by atoms with E-state index >= 15 is 0 Å². The van der Waals surface area contributed by atoms with Gasteiger partial charge in [-0.3, -0.25) is 14.5 Å². The minimum atomic E-state index is -0.191. The Kier molecular flexibility index (Phi) is 7.77. The first kappa shape index (κ1) is 24.1. The van der Waals surface area contributed by atoms with Crippen LogP contribution >= 0.6 is 0 Å². The monoisotopic (exact) mass is 439 g/mol. The summed E-state index contributed by atoms with van der Waals surface area (Å²) in [4.78, 5) is 31.6. The number of carbonyl (C=O) groups excluding carboxylic acids is 2. The van der Waals surface area contributed by atoms with Gasteiger partial charge in [-0.05, 0) is 81.2 Å². The van der Waals surface area contributed by atoms with Gasteiger partial charge in [0, 0.05) is 32.6 Å². The molecule has 0 aromatic heterocycles. The van der Waals surface area contributed by atoms with Gasteiger partial charge in [0.1, 0.15) is 5.75 Å². The van der Waals surface area contributed by atoms with Crippen LogP contribution in [0.15, 0.2) is 36.4 Å². The zero-order valence-corrected chi connectivity index (χ0v) is 20.3. The second kappa shape index (κ2) is 10.3. The van der Waals surface area contributed by atoms with Crippen molar-refractivity contribution in [1.82, 2.24) is 14.7 Å². The van der Waals surface area contributed by atoms with Crippen molar-refractivity contribution in [3.63, 3.8) is 0 Å². The molecular formula is C26H37N3O3. The molecule has 1 atom stereocenters. The fourth-order valence-electron chi connectivity index (χ4n) is 4.40. The minimum Gasteiger partial charge on any atom is -0.497 e. The molecule has 1 fully saturated rings. The van der Waals surface area contributed by atoms with Crippen LogP contribution in [0.25, 0.3) is 10.8 Å². The predicted octanol–water partition coefficient (Wildman–Crippen LogP) is 3.77. The van der Waals surface area contributed by atoms with Crippen LogP contribution in [-0.4, -0.2) is 72.9 Å². The van der Waals surface area contributed by atoms with Crippen molar-refractivity contribution in [2.24, 2.45) is 5.92 Å². The van der Waals surface area contributed by atoms with E-state index in [9.17, 15) is 9.59 Å². The third-order valence-electron chi connectivity index (χ3n) is 6.81. The van der Waals surface area contributed by atoms with E-state index < -0.39 is 0 Å². The zero-order chi connectivity index (χ0) is 23.4. The van der Waals surface area contributed by atoms with Crippen LogP contribution in [0.2, 0.25) is 0 Å². The minimum absolute atomic E-state index is 0.0647. The summed E-state index contributed by atoms with van der Waals surface area (Å²) in [7, 11) is 5.41. The highest BCUT2D eigenvalue weighted by Crippen LogP contribution is 2.24. The predicted molar refractivity (Wildman–Crippen MR) is 129 cm³/mol. The number of likely N-dealkylation sites (tertiary alicyclic amines) is 1. The third kappa shape index (κ3) is 5.41. The largest absolute Gasteiger partial charge is 0.497 e. The number of fused-ring (bicyclic) bond motifs is 1. The van der Waals surface area contributed by atoms with Crippen molar-refractivity contribution in [2.75, 3.05) is 34.3 Å². The summed E-state index contributed by atoms with van der Waals surface area (Å²) in [6.07, 6.45) is 1.62. The Morgan fingerprint density at radius 2 is 1.66 bits per heavy atom. The molecule has 174 valence electrons. The highest BCUT2D eigenvalue weighted by Gasteiger charge is 2.32. The Labute approximate surface area is 192 Å². The first-order valence-electron chi connectivity index (χ1n) is 11.5. The number of methoxy groups -OCH3 is 1. The average Bonchev–Trinajstić information content (AvgIpc) is 2.81. The first-order chi connectivity index (χ1) is 15.2. The Hall–Kier alpha value is -2.60. The lowest BCUT2D eigenvalue weighted by Gasteiger charge is -2.37. The summed E-state index contributed by atoms with van der Waals surface area (Å²) in [5.74, 6) is 1.25. The first-order valence-corrected chi connectivity index (χ1v) is 11.5. The average molecular weight is 440 g/mol. The smallest absolute Gasteiger partial charge is 0.239 e. The van der Waals surface area contributed by atoms with Gasteiger partial charge in [-0.2, -0.15) is 0 Å². The van der Waals surface area contributed by atoms with Gasteiger partial charge in [0.05, 0.1) is 13.2 Å². The van der Waals surface area contributed by atoms with Crippen molar-refractivity contribution < 1.29 is 14.3 Å². The number of benzene rings is 2. The SMILES string of the molecule is COc1ccc2cc(CN(C)C(=O)C(C)N3CCC(C(=O)N(C)C(C)C)CC3)ccc2c1. The van der Waals surface area contributed by atoms with Crippen LogP contribution in [0, 0.1) is 5.92 Å². The molecule has 0 N–H and O–H groups in total. The standard InChI is InChI=1S/C26H37N3O3/c1-18(2)28(5)26(31)21-11-13-29(14-12-21)19(3)25(30)27(4)17-20-7-8-23-16-24(32-6)10-9-22(23)15-20/h7-10,15-16,18-19,21H,11-14,17H2,1-6H3. The molecule has 2 amide bonds. The molecule has 1 aliphatic heterocycles. The molecule has 1 saturated heterocycles. The van der Waals surface area contributed by atoms with E-state index in [1.54, 1.807) is 12.0 Å². The van der Waals surface area contributed by atoms with Gasteiger partial charge in [-0.1, -0.05) is 18.2 Å². The van der Waals surface area contributed by atoms with E-state index in [1.165, 1.54) is 0 Å². The van der Waals surface area contributed by atoms with Gasteiger partial charge in [0.15, 0.2) is 0 Å². The molecule has 2 aromatic rings. The molecule has 6 heteroatoms. The molecule has 0 spiro atoms. The fourth-order valence-corrected chi connectivity index (χ4v) is 4.40. The Morgan fingerprint density at radius 3 is 2.28 bits per heavy atom. The number of nitrogens with zero attached hydrogens (tertiary/aromatic N) is 3. The van der Waals surface area contributed by atoms with E-state index in [1.807, 2.05) is 58.0 Å². The number of ether oxygens (including phenoxy) is 1. The summed E-state index contributed by atoms with van der Waals surface area (Å²) in [6.45, 7) is 8.18. The van der Waals surface area contributed by atoms with Crippen molar-refractivity contribution in [3.8, 4) is 5.75 Å². The van der Waals surface area contributed by atoms with Crippen molar-refractivity contribution >= 4 is 22.6 Å². The quantitative estimate of drug-likeness (QED) is 0.659. The topological polar surface area (TPSA) is 53.1 Å². The number of carbonyl (C=O) groups is 2. The fraction of sp³-hybridized carbons (Fsp3) is 0.538. The number of likely N-dealkylation sites (N-methyl/N-ethyl adjacent to an activating group) is 1. The summed E-state index contributed by atoms with van der Waals surface area (Å²) in [6, 6.07) is 12.3. The van der Waals surface area contributed by atoms with Gasteiger partial charge < -0.3 is 14.5 Å². The Balaban J connectivity index is 1.56. The van der Waals surface area contributed by atoms with Crippen molar-refractivity contribution in [1.29, 1.82) is 0 Å². The number of amides is 2. The Bertz CT molecular complexity index is 950. The summed E-state index contributed by atoms with van der Waals surface area (Å²) in [5.41, 5.74) is 1.10. The molecule has 2 aromatic carbocycles. The van der Waals surface area contributed by atoms with E-state index in [2.05, 4.69) is 23.1 Å². The third-order valence-corrected chi connectivity index (χ3v) is 6.81. The Morgan fingerprint density at radius 1 is 1.03 bits per heavy atom. The van der Waals surface area contributed by atoms with Gasteiger partial charge >= 0.3 is 0 Å². The summed E-state index contributed by atoms with van der Waals surface area (Å²) >= 11 is 0. The van der Waals surface area contributed by atoms with Crippen LogP contribution in [0.4, 0.5) is 0 Å². The molecule has 1 heterocycles. The highest BCUT2D eigenvalue weighted by molar-refractivity contribution is 5.85. The molecule has 0 radical (unpaired) electrons. The normalized spacial score (nSPS) is 16.2. The maximum absolute atomic E-state index is 13.1. The number of piperidine rings is 1. The van der Waals surface area contributed by atoms with Gasteiger partial charge in [-0.15, -0.1) is 0 Å². The van der Waals surface area contributed by atoms with Crippen LogP contribution in [0.1, 0.15) is 39.2 Å². The van der Waals surface area contributed by atoms with Crippen LogP contribution in [-0.2, 0) is 16.1 Å². The highest BCUT2D eigenvalue weighted by atomic mass is 16.5. The van der Waals surface area contributed by atoms with Gasteiger partial charge in [0.2, 0.25) is 11.8 Å². The zero-order valence-electron chi connectivity index (χ0n) is 20.3. The van der Waals surface area contributed by atoms with E-state index in [4.69, 9.17) is 4.74 Å². The molecule has 3 rings (SSSR count).